The van der Waals surface area contributed by atoms with Gasteiger partial charge in [-0.3, -0.25) is 0 Å². The van der Waals surface area contributed by atoms with Crippen LogP contribution in [0.15, 0.2) is 48.5 Å². The van der Waals surface area contributed by atoms with Crippen molar-refractivity contribution in [2.45, 2.75) is 31.7 Å². The zero-order valence-corrected chi connectivity index (χ0v) is 14.9. The Morgan fingerprint density at radius 1 is 1.15 bits per heavy atom. The predicted molar refractivity (Wildman–Crippen MR) is 99.5 cm³/mol. The van der Waals surface area contributed by atoms with Crippen molar-refractivity contribution in [3.8, 4) is 5.75 Å². The number of nitrogens with zero attached hydrogens (tertiary/aromatic N) is 3. The van der Waals surface area contributed by atoms with Crippen LogP contribution in [-0.4, -0.2) is 33.6 Å². The van der Waals surface area contributed by atoms with E-state index in [1.165, 1.54) is 11.1 Å². The van der Waals surface area contributed by atoms with Crippen molar-refractivity contribution < 1.29 is 9.84 Å². The first-order valence-electron chi connectivity index (χ1n) is 9.03. The van der Waals surface area contributed by atoms with Crippen molar-refractivity contribution in [3.05, 3.63) is 76.9 Å². The maximum atomic E-state index is 9.44. The highest BCUT2D eigenvalue weighted by molar-refractivity contribution is 5.39. The molecule has 0 fully saturated rings. The fourth-order valence-corrected chi connectivity index (χ4v) is 3.75. The summed E-state index contributed by atoms with van der Waals surface area (Å²) in [4.78, 5) is 4.86. The smallest absolute Gasteiger partial charge is 0.155 e. The molecule has 1 heterocycles. The van der Waals surface area contributed by atoms with Crippen molar-refractivity contribution in [1.29, 1.82) is 0 Å². The van der Waals surface area contributed by atoms with E-state index in [9.17, 15) is 5.11 Å². The second-order valence-corrected chi connectivity index (χ2v) is 6.65. The number of aryl methyl sites for hydroxylation is 1. The molecule has 0 radical (unpaired) electrons. The summed E-state index contributed by atoms with van der Waals surface area (Å²) in [5.74, 6) is 2.86. The fraction of sp³-hybridized carbons (Fsp3) is 0.333. The van der Waals surface area contributed by atoms with E-state index in [0.717, 1.165) is 35.8 Å². The summed E-state index contributed by atoms with van der Waals surface area (Å²) in [7, 11) is 1.67. The maximum absolute atomic E-state index is 9.44. The first-order valence-corrected chi connectivity index (χ1v) is 9.03. The summed E-state index contributed by atoms with van der Waals surface area (Å²) < 4.78 is 7.09. The van der Waals surface area contributed by atoms with Crippen molar-refractivity contribution in [2.75, 3.05) is 13.7 Å². The summed E-state index contributed by atoms with van der Waals surface area (Å²) in [6.45, 7) is 0.538. The Hall–Kier alpha value is -2.66. The molecule has 134 valence electrons. The summed E-state index contributed by atoms with van der Waals surface area (Å²) in [6.07, 6.45) is 2.79. The first kappa shape index (κ1) is 16.8. The predicted octanol–water partition coefficient (Wildman–Crippen LogP) is 2.95. The van der Waals surface area contributed by atoms with Gasteiger partial charge in [0.1, 0.15) is 11.6 Å². The van der Waals surface area contributed by atoms with E-state index in [-0.39, 0.29) is 12.5 Å². The number of aliphatic hydroxyl groups is 1. The minimum atomic E-state index is 0.0622. The molecular weight excluding hydrogens is 326 g/mol. The lowest BCUT2D eigenvalue weighted by molar-refractivity contribution is 0.266. The summed E-state index contributed by atoms with van der Waals surface area (Å²) in [5, 5.41) is 14.1. The van der Waals surface area contributed by atoms with Gasteiger partial charge in [-0.05, 0) is 41.7 Å². The monoisotopic (exact) mass is 349 g/mol. The number of aliphatic hydroxyl groups excluding tert-OH is 1. The lowest BCUT2D eigenvalue weighted by Crippen LogP contribution is -2.12. The molecule has 5 nitrogen and oxygen atoms in total. The van der Waals surface area contributed by atoms with Crippen molar-refractivity contribution in [2.24, 2.45) is 0 Å². The first-order chi connectivity index (χ1) is 12.8. The molecule has 0 saturated carbocycles. The molecule has 0 amide bonds. The largest absolute Gasteiger partial charge is 0.497 e. The Bertz CT molecular complexity index is 887. The number of hydrogen-bond donors (Lipinski definition) is 1. The van der Waals surface area contributed by atoms with E-state index < -0.39 is 0 Å². The van der Waals surface area contributed by atoms with Crippen LogP contribution in [0.25, 0.3) is 0 Å². The molecule has 2 aromatic carbocycles. The minimum absolute atomic E-state index is 0.0622. The van der Waals surface area contributed by atoms with Gasteiger partial charge in [0.05, 0.1) is 20.3 Å². The van der Waals surface area contributed by atoms with Crippen LogP contribution >= 0.6 is 0 Å². The van der Waals surface area contributed by atoms with Crippen LogP contribution in [0.3, 0.4) is 0 Å². The lowest BCUT2D eigenvalue weighted by atomic mass is 10.0. The third kappa shape index (κ3) is 3.22. The van der Waals surface area contributed by atoms with Gasteiger partial charge in [0.25, 0.3) is 0 Å². The molecule has 0 aliphatic heterocycles. The number of rotatable bonds is 6. The van der Waals surface area contributed by atoms with Gasteiger partial charge in [-0.15, -0.1) is 0 Å². The highest BCUT2D eigenvalue weighted by Crippen LogP contribution is 2.37. The molecule has 1 atom stereocenters. The molecular formula is C21H23N3O2. The molecule has 0 spiro atoms. The van der Waals surface area contributed by atoms with E-state index in [1.54, 1.807) is 7.11 Å². The Balaban J connectivity index is 1.63. The van der Waals surface area contributed by atoms with Gasteiger partial charge < -0.3 is 9.84 Å². The van der Waals surface area contributed by atoms with E-state index in [1.807, 2.05) is 28.9 Å². The van der Waals surface area contributed by atoms with Gasteiger partial charge in [0, 0.05) is 12.3 Å². The topological polar surface area (TPSA) is 60.2 Å². The average Bonchev–Trinajstić information content (AvgIpc) is 3.26. The van der Waals surface area contributed by atoms with Crippen molar-refractivity contribution >= 4 is 0 Å². The van der Waals surface area contributed by atoms with Crippen LogP contribution in [0.5, 0.6) is 5.75 Å². The zero-order chi connectivity index (χ0) is 17.9. The van der Waals surface area contributed by atoms with Crippen LogP contribution < -0.4 is 4.74 Å². The molecule has 4 rings (SSSR count). The quantitative estimate of drug-likeness (QED) is 0.743. The number of benzene rings is 2. The lowest BCUT2D eigenvalue weighted by Gasteiger charge is -2.12. The number of hydrogen-bond acceptors (Lipinski definition) is 4. The molecule has 1 unspecified atom stereocenters. The SMILES string of the molecule is COc1ccc(Cc2nc(C3CCc4ccccc43)n(CCO)n2)cc1. The molecule has 1 aromatic heterocycles. The van der Waals surface area contributed by atoms with E-state index >= 15 is 0 Å². The van der Waals surface area contributed by atoms with Gasteiger partial charge >= 0.3 is 0 Å². The minimum Gasteiger partial charge on any atom is -0.497 e. The molecule has 5 heteroatoms. The maximum Gasteiger partial charge on any atom is 0.155 e. The summed E-state index contributed by atoms with van der Waals surface area (Å²) in [5.41, 5.74) is 3.88. The van der Waals surface area contributed by atoms with Gasteiger partial charge in [-0.2, -0.15) is 5.10 Å². The fourth-order valence-electron chi connectivity index (χ4n) is 3.75. The Morgan fingerprint density at radius 2 is 1.96 bits per heavy atom. The second-order valence-electron chi connectivity index (χ2n) is 6.65. The van der Waals surface area contributed by atoms with Gasteiger partial charge in [-0.25, -0.2) is 9.67 Å². The van der Waals surface area contributed by atoms with Gasteiger partial charge in [0.2, 0.25) is 0 Å². The number of methoxy groups -OCH3 is 1. The normalized spacial score (nSPS) is 15.8. The van der Waals surface area contributed by atoms with Crippen LogP contribution in [0.1, 0.15) is 40.7 Å². The molecule has 1 N–H and O–H groups in total. The van der Waals surface area contributed by atoms with Gasteiger partial charge in [-0.1, -0.05) is 36.4 Å². The van der Waals surface area contributed by atoms with Crippen LogP contribution in [0.2, 0.25) is 0 Å². The highest BCUT2D eigenvalue weighted by atomic mass is 16.5. The average molecular weight is 349 g/mol. The van der Waals surface area contributed by atoms with Gasteiger partial charge in [0.15, 0.2) is 5.82 Å². The van der Waals surface area contributed by atoms with Crippen LogP contribution in [-0.2, 0) is 19.4 Å². The van der Waals surface area contributed by atoms with E-state index in [4.69, 9.17) is 9.72 Å². The third-order valence-corrected chi connectivity index (χ3v) is 5.02. The Kier molecular flexibility index (Phi) is 4.71. The Morgan fingerprint density at radius 3 is 2.73 bits per heavy atom. The summed E-state index contributed by atoms with van der Waals surface area (Å²) in [6, 6.07) is 16.5. The zero-order valence-electron chi connectivity index (χ0n) is 14.9. The van der Waals surface area contributed by atoms with Crippen LogP contribution in [0.4, 0.5) is 0 Å². The van der Waals surface area contributed by atoms with E-state index in [0.29, 0.717) is 13.0 Å². The second kappa shape index (κ2) is 7.30. The molecule has 26 heavy (non-hydrogen) atoms. The van der Waals surface area contributed by atoms with Crippen molar-refractivity contribution in [3.63, 3.8) is 0 Å². The number of aromatic nitrogens is 3. The molecule has 1 aliphatic rings. The molecule has 3 aromatic rings. The molecule has 0 saturated heterocycles. The highest BCUT2D eigenvalue weighted by Gasteiger charge is 2.28. The van der Waals surface area contributed by atoms with E-state index in [2.05, 4.69) is 29.4 Å². The standard InChI is InChI=1S/C21H23N3O2/c1-26-17-9-6-15(7-10-17)14-20-22-21(24(23-20)12-13-25)19-11-8-16-4-2-3-5-18(16)19/h2-7,9-10,19,25H,8,11-14H2,1H3. The third-order valence-electron chi connectivity index (χ3n) is 5.02. The molecule has 1 aliphatic carbocycles. The van der Waals surface area contributed by atoms with Crippen LogP contribution in [0, 0.1) is 0 Å². The molecule has 0 bridgehead atoms. The number of fused-ring (bicyclic) bond motifs is 1. The van der Waals surface area contributed by atoms with Crippen molar-refractivity contribution in [1.82, 2.24) is 14.8 Å². The number of ether oxygens (including phenoxy) is 1. The Labute approximate surface area is 153 Å². The summed E-state index contributed by atoms with van der Waals surface area (Å²) >= 11 is 0.